The zero-order valence-corrected chi connectivity index (χ0v) is 16.3. The van der Waals surface area contributed by atoms with Crippen LogP contribution in [0, 0.1) is 6.92 Å². The Kier molecular flexibility index (Phi) is 5.88. The number of primary amides is 1. The summed E-state index contributed by atoms with van der Waals surface area (Å²) in [5, 5.41) is 9.61. The molecule has 1 aliphatic heterocycles. The molecule has 2 N–H and O–H groups in total. The summed E-state index contributed by atoms with van der Waals surface area (Å²) >= 11 is 0.789. The maximum atomic E-state index is 13.0. The largest absolute Gasteiger partial charge is 0.545 e. The second-order valence-electron chi connectivity index (χ2n) is 6.58. The molecule has 8 nitrogen and oxygen atoms in total. The van der Waals surface area contributed by atoms with Gasteiger partial charge in [-0.2, -0.15) is 0 Å². The van der Waals surface area contributed by atoms with E-state index in [1.54, 1.807) is 24.3 Å². The van der Waals surface area contributed by atoms with E-state index in [0.717, 1.165) is 22.2 Å². The molecular weight excluding hydrogens is 394 g/mol. The van der Waals surface area contributed by atoms with Crippen molar-refractivity contribution in [3.05, 3.63) is 65.2 Å². The van der Waals surface area contributed by atoms with Crippen LogP contribution in [0.25, 0.3) is 0 Å². The van der Waals surface area contributed by atoms with Gasteiger partial charge in [0.2, 0.25) is 5.91 Å². The number of rotatable bonds is 7. The van der Waals surface area contributed by atoms with Crippen molar-refractivity contribution >= 4 is 40.5 Å². The minimum Gasteiger partial charge on any atom is -0.545 e. The molecule has 0 unspecified atom stereocenters. The van der Waals surface area contributed by atoms with Crippen LogP contribution >= 0.6 is 11.8 Å². The number of hydrogen-bond acceptors (Lipinski definition) is 7. The first-order valence-corrected chi connectivity index (χ1v) is 9.58. The van der Waals surface area contributed by atoms with Crippen LogP contribution in [-0.4, -0.2) is 39.8 Å². The molecule has 0 saturated carbocycles. The highest BCUT2D eigenvalue weighted by Gasteiger charge is 2.43. The number of aromatic carboxylic acids is 1. The molecule has 1 fully saturated rings. The first-order valence-electron chi connectivity index (χ1n) is 8.70. The number of carbonyl (C=O) groups is 4. The van der Waals surface area contributed by atoms with Crippen molar-refractivity contribution in [2.45, 2.75) is 18.8 Å². The van der Waals surface area contributed by atoms with Gasteiger partial charge in [-0.1, -0.05) is 30.3 Å². The molecule has 2 aromatic carbocycles. The van der Waals surface area contributed by atoms with Gasteiger partial charge >= 0.3 is 0 Å². The van der Waals surface area contributed by atoms with E-state index in [0.29, 0.717) is 11.3 Å². The SMILES string of the molecule is Cc1cccc(N(CC(N)=O)[C@@H]2SC(=O)N(Cc3cccc(C(=O)[O-])c3)C2=O)c1. The number of hydrogen-bond donors (Lipinski definition) is 1. The summed E-state index contributed by atoms with van der Waals surface area (Å²) in [7, 11) is 0. The van der Waals surface area contributed by atoms with E-state index in [4.69, 9.17) is 5.73 Å². The number of carboxylic acid groups (broad SMARTS) is 1. The second kappa shape index (κ2) is 8.36. The molecule has 0 radical (unpaired) electrons. The van der Waals surface area contributed by atoms with Gasteiger partial charge in [-0.05, 0) is 53.6 Å². The Morgan fingerprint density at radius 1 is 1.17 bits per heavy atom. The number of benzene rings is 2. The number of nitrogens with two attached hydrogens (primary N) is 1. The summed E-state index contributed by atoms with van der Waals surface area (Å²) in [4.78, 5) is 50.6. The summed E-state index contributed by atoms with van der Waals surface area (Å²) in [6.45, 7) is 1.56. The molecule has 1 aliphatic rings. The van der Waals surface area contributed by atoms with Crippen molar-refractivity contribution in [3.8, 4) is 0 Å². The van der Waals surface area contributed by atoms with Gasteiger partial charge in [-0.25, -0.2) is 0 Å². The Bertz CT molecular complexity index is 994. The van der Waals surface area contributed by atoms with Crippen LogP contribution in [-0.2, 0) is 16.1 Å². The maximum absolute atomic E-state index is 13.0. The van der Waals surface area contributed by atoms with E-state index in [-0.39, 0.29) is 18.7 Å². The van der Waals surface area contributed by atoms with Crippen LogP contribution in [0.1, 0.15) is 21.5 Å². The van der Waals surface area contributed by atoms with Crippen molar-refractivity contribution < 1.29 is 24.3 Å². The zero-order chi connectivity index (χ0) is 21.1. The lowest BCUT2D eigenvalue weighted by Crippen LogP contribution is -2.45. The number of thioether (sulfide) groups is 1. The van der Waals surface area contributed by atoms with Gasteiger partial charge in [-0.3, -0.25) is 19.3 Å². The molecule has 3 rings (SSSR count). The van der Waals surface area contributed by atoms with Gasteiger partial charge in [-0.15, -0.1) is 0 Å². The Balaban J connectivity index is 1.86. The lowest BCUT2D eigenvalue weighted by molar-refractivity contribution is -0.255. The molecule has 1 saturated heterocycles. The predicted molar refractivity (Wildman–Crippen MR) is 106 cm³/mol. The molecule has 29 heavy (non-hydrogen) atoms. The van der Waals surface area contributed by atoms with Crippen LogP contribution < -0.4 is 15.7 Å². The summed E-state index contributed by atoms with van der Waals surface area (Å²) < 4.78 is 0. The Labute approximate surface area is 171 Å². The van der Waals surface area contributed by atoms with Gasteiger partial charge in [0.1, 0.15) is 0 Å². The third kappa shape index (κ3) is 4.57. The zero-order valence-electron chi connectivity index (χ0n) is 15.5. The van der Waals surface area contributed by atoms with E-state index >= 15 is 0 Å². The first kappa shape index (κ1) is 20.4. The van der Waals surface area contributed by atoms with Crippen molar-refractivity contribution in [2.24, 2.45) is 5.73 Å². The van der Waals surface area contributed by atoms with E-state index in [9.17, 15) is 24.3 Å². The van der Waals surface area contributed by atoms with Gasteiger partial charge in [0.15, 0.2) is 5.37 Å². The number of imide groups is 1. The summed E-state index contributed by atoms with van der Waals surface area (Å²) in [6, 6.07) is 13.1. The Morgan fingerprint density at radius 3 is 2.55 bits per heavy atom. The molecule has 1 atom stereocenters. The minimum absolute atomic E-state index is 0.0408. The molecule has 1 heterocycles. The molecule has 3 amide bonds. The van der Waals surface area contributed by atoms with E-state index in [1.807, 2.05) is 13.0 Å². The minimum atomic E-state index is -1.34. The predicted octanol–water partition coefficient (Wildman–Crippen LogP) is 0.872. The standard InChI is InChI=1S/C20H19N3O5S/c1-12-4-2-7-15(8-12)22(11-16(21)24)18-17(25)23(20(28)29-18)10-13-5-3-6-14(9-13)19(26)27/h2-9,18H,10-11H2,1H3,(H2,21,24)(H,26,27)/p-1/t18-/m1/s1. The second-order valence-corrected chi connectivity index (χ2v) is 7.61. The first-order chi connectivity index (χ1) is 13.8. The number of amides is 3. The smallest absolute Gasteiger partial charge is 0.291 e. The summed E-state index contributed by atoms with van der Waals surface area (Å²) in [5.74, 6) is -2.47. The quantitative estimate of drug-likeness (QED) is 0.716. The molecule has 9 heteroatoms. The third-order valence-corrected chi connectivity index (χ3v) is 5.46. The number of aryl methyl sites for hydroxylation is 1. The van der Waals surface area contributed by atoms with Gasteiger partial charge < -0.3 is 20.5 Å². The lowest BCUT2D eigenvalue weighted by Gasteiger charge is -2.27. The van der Waals surface area contributed by atoms with E-state index < -0.39 is 28.4 Å². The average molecular weight is 412 g/mol. The molecule has 0 aromatic heterocycles. The number of carboxylic acids is 1. The highest BCUT2D eigenvalue weighted by Crippen LogP contribution is 2.34. The highest BCUT2D eigenvalue weighted by atomic mass is 32.2. The van der Waals surface area contributed by atoms with Crippen molar-refractivity contribution in [3.63, 3.8) is 0 Å². The van der Waals surface area contributed by atoms with Crippen LogP contribution in [0.5, 0.6) is 0 Å². The monoisotopic (exact) mass is 412 g/mol. The molecule has 0 spiro atoms. The van der Waals surface area contributed by atoms with Crippen molar-refractivity contribution in [1.29, 1.82) is 0 Å². The molecule has 150 valence electrons. The van der Waals surface area contributed by atoms with Crippen molar-refractivity contribution in [1.82, 2.24) is 4.90 Å². The van der Waals surface area contributed by atoms with Crippen LogP contribution in [0.2, 0.25) is 0 Å². The fourth-order valence-electron chi connectivity index (χ4n) is 3.04. The fraction of sp³-hybridized carbons (Fsp3) is 0.200. The highest BCUT2D eigenvalue weighted by molar-refractivity contribution is 8.15. The topological polar surface area (TPSA) is 124 Å². The van der Waals surface area contributed by atoms with Crippen LogP contribution in [0.3, 0.4) is 0 Å². The lowest BCUT2D eigenvalue weighted by atomic mass is 10.1. The Hall–Kier alpha value is -3.33. The number of anilines is 1. The molecule has 0 bridgehead atoms. The van der Waals surface area contributed by atoms with Gasteiger partial charge in [0.25, 0.3) is 11.1 Å². The summed E-state index contributed by atoms with van der Waals surface area (Å²) in [6.07, 6.45) is 0. The van der Waals surface area contributed by atoms with Gasteiger partial charge in [0.05, 0.1) is 19.1 Å². The Morgan fingerprint density at radius 2 is 1.90 bits per heavy atom. The maximum Gasteiger partial charge on any atom is 0.291 e. The molecule has 0 aliphatic carbocycles. The third-order valence-electron chi connectivity index (χ3n) is 4.36. The van der Waals surface area contributed by atoms with E-state index in [1.165, 1.54) is 23.1 Å². The molecule has 2 aromatic rings. The van der Waals surface area contributed by atoms with Crippen molar-refractivity contribution in [2.75, 3.05) is 11.4 Å². The molecular formula is C20H18N3O5S-. The van der Waals surface area contributed by atoms with Gasteiger partial charge in [0, 0.05) is 5.69 Å². The number of carbonyl (C=O) groups excluding carboxylic acids is 4. The van der Waals surface area contributed by atoms with Crippen LogP contribution in [0.15, 0.2) is 48.5 Å². The fourth-order valence-corrected chi connectivity index (χ4v) is 4.06. The number of nitrogens with zero attached hydrogens (tertiary/aromatic N) is 2. The normalized spacial score (nSPS) is 16.2. The average Bonchev–Trinajstić information content (AvgIpc) is 2.94. The summed E-state index contributed by atoms with van der Waals surface area (Å²) in [5.41, 5.74) is 7.32. The van der Waals surface area contributed by atoms with E-state index in [2.05, 4.69) is 0 Å². The van der Waals surface area contributed by atoms with Crippen LogP contribution in [0.4, 0.5) is 10.5 Å².